The Morgan fingerprint density at radius 1 is 0.391 bits per heavy atom. The number of esters is 1. The number of hydrogen-bond acceptors (Lipinski definition) is 12. The van der Waals surface area contributed by atoms with Gasteiger partial charge in [-0.2, -0.15) is 0 Å². The van der Waals surface area contributed by atoms with Crippen LogP contribution in [-0.4, -0.2) is 91.6 Å². The summed E-state index contributed by atoms with van der Waals surface area (Å²) < 4.78 is 66.0. The molecule has 0 unspecified atom stereocenters. The summed E-state index contributed by atoms with van der Waals surface area (Å²) in [5.74, 6) is -0.980. The smallest absolute Gasteiger partial charge is 0.320 e. The van der Waals surface area contributed by atoms with Crippen molar-refractivity contribution in [3.8, 4) is 0 Å². The topological polar surface area (TPSA) is 130 Å². The lowest BCUT2D eigenvalue weighted by molar-refractivity contribution is -0.348. The van der Waals surface area contributed by atoms with E-state index in [0.29, 0.717) is 0 Å². The van der Waals surface area contributed by atoms with Crippen LogP contribution in [-0.2, 0) is 91.8 Å². The molecule has 2 aliphatic rings. The zero-order valence-corrected chi connectivity index (χ0v) is 39.0. The van der Waals surface area contributed by atoms with E-state index in [0.717, 1.165) is 33.4 Å². The Morgan fingerprint density at radius 3 is 1.06 bits per heavy atom. The molecule has 12 nitrogen and oxygen atoms in total. The van der Waals surface area contributed by atoms with Gasteiger partial charge in [-0.15, -0.1) is 11.6 Å². The summed E-state index contributed by atoms with van der Waals surface area (Å²) >= 11 is 5.92. The third kappa shape index (κ3) is 14.8. The summed E-state index contributed by atoms with van der Waals surface area (Å²) in [6, 6.07) is 58.5. The predicted octanol–water partition coefficient (Wildman–Crippen LogP) is 8.74. The molecule has 10 atom stereocenters. The fourth-order valence-corrected chi connectivity index (χ4v) is 8.39. The first-order valence-electron chi connectivity index (χ1n) is 23.3. The Morgan fingerprint density at radius 2 is 0.696 bits per heavy atom. The van der Waals surface area contributed by atoms with E-state index >= 15 is 0 Å². The highest BCUT2D eigenvalue weighted by Crippen LogP contribution is 2.34. The number of carbonyl (C=O) groups is 1. The molecule has 0 amide bonds. The Balaban J connectivity index is 1.12. The molecule has 0 aromatic heterocycles. The molecule has 0 spiro atoms. The van der Waals surface area contributed by atoms with Crippen molar-refractivity contribution >= 4 is 17.6 Å². The zero-order valence-electron chi connectivity index (χ0n) is 38.3. The van der Waals surface area contributed by atoms with Gasteiger partial charge < -0.3 is 52.5 Å². The van der Waals surface area contributed by atoms with Gasteiger partial charge in [0.15, 0.2) is 12.6 Å². The summed E-state index contributed by atoms with van der Waals surface area (Å²) in [4.78, 5) is 12.6. The molecule has 0 saturated carbocycles. The summed E-state index contributed by atoms with van der Waals surface area (Å²) in [5.41, 5.74) is 5.51. The van der Waals surface area contributed by atoms with Gasteiger partial charge in [0, 0.05) is 0 Å². The fraction of sp³-hybridized carbons (Fsp3) is 0.339. The van der Waals surface area contributed by atoms with Crippen molar-refractivity contribution in [2.45, 2.75) is 101 Å². The molecule has 69 heavy (non-hydrogen) atoms. The average molecular weight is 960 g/mol. The van der Waals surface area contributed by atoms with Crippen molar-refractivity contribution in [1.82, 2.24) is 0 Å². The van der Waals surface area contributed by atoms with E-state index in [1.807, 2.05) is 182 Å². The van der Waals surface area contributed by atoms with E-state index < -0.39 is 67.4 Å². The van der Waals surface area contributed by atoms with Crippen molar-refractivity contribution in [1.29, 1.82) is 0 Å². The van der Waals surface area contributed by atoms with E-state index in [9.17, 15) is 9.90 Å². The number of alkyl halides is 1. The summed E-state index contributed by atoms with van der Waals surface area (Å²) in [7, 11) is 0. The van der Waals surface area contributed by atoms with Gasteiger partial charge in [0.05, 0.1) is 46.2 Å². The van der Waals surface area contributed by atoms with Crippen LogP contribution in [0.5, 0.6) is 0 Å². The molecule has 6 aromatic carbocycles. The molecule has 0 radical (unpaired) electrons. The van der Waals surface area contributed by atoms with Gasteiger partial charge >= 0.3 is 5.97 Å². The van der Waals surface area contributed by atoms with Crippen LogP contribution in [0.25, 0.3) is 0 Å². The molecule has 2 saturated heterocycles. The molecule has 6 aromatic rings. The molecule has 13 heteroatoms. The standard InChI is InChI=1S/C56H59ClO12/c57-31-48(58)60-38-47-50(62-33-41-21-9-2-10-22-41)52(64-35-43-25-13-4-14-26-43)54(66-37-45-29-17-6-18-30-45)56(69-47)67-39-46-49(61-32-40-19-7-1-8-20-40)51(63-34-42-23-11-3-12-24-42)53(55(59)68-46)65-36-44-27-15-5-16-28-44/h1-30,46-47,49-56,59H,31-39H2/t46-,47-,49-,50-,51+,52+,53+,54+,55+,56+/m1/s1. The molecular formula is C56H59ClO12. The van der Waals surface area contributed by atoms with Gasteiger partial charge in [-0.1, -0.05) is 182 Å². The van der Waals surface area contributed by atoms with Gasteiger partial charge in [-0.3, -0.25) is 4.79 Å². The Kier molecular flexibility index (Phi) is 19.3. The third-order valence-electron chi connectivity index (χ3n) is 11.9. The molecule has 0 aliphatic carbocycles. The number of aliphatic hydroxyl groups is 1. The fourth-order valence-electron chi connectivity index (χ4n) is 8.32. The minimum atomic E-state index is -1.45. The van der Waals surface area contributed by atoms with Crippen LogP contribution in [0.3, 0.4) is 0 Å². The van der Waals surface area contributed by atoms with Crippen LogP contribution in [0.15, 0.2) is 182 Å². The maximum Gasteiger partial charge on any atom is 0.320 e. The number of halogens is 1. The van der Waals surface area contributed by atoms with Gasteiger partial charge in [0.2, 0.25) is 0 Å². The van der Waals surface area contributed by atoms with Gasteiger partial charge in [0.1, 0.15) is 61.3 Å². The van der Waals surface area contributed by atoms with Crippen molar-refractivity contribution in [3.05, 3.63) is 215 Å². The Labute approximate surface area is 408 Å². The highest BCUT2D eigenvalue weighted by molar-refractivity contribution is 6.26. The van der Waals surface area contributed by atoms with Crippen molar-refractivity contribution in [2.24, 2.45) is 0 Å². The van der Waals surface area contributed by atoms with Crippen molar-refractivity contribution in [2.75, 3.05) is 19.1 Å². The van der Waals surface area contributed by atoms with Gasteiger partial charge in [-0.25, -0.2) is 0 Å². The minimum Gasteiger partial charge on any atom is -0.462 e. The average Bonchev–Trinajstić information content (AvgIpc) is 3.40. The number of rotatable bonds is 24. The second-order valence-electron chi connectivity index (χ2n) is 16.8. The Hall–Kier alpha value is -5.32. The van der Waals surface area contributed by atoms with Crippen molar-refractivity contribution in [3.63, 3.8) is 0 Å². The van der Waals surface area contributed by atoms with E-state index in [1.165, 1.54) is 0 Å². The summed E-state index contributed by atoms with van der Waals surface area (Å²) in [6.45, 7) is 0.768. The molecular weight excluding hydrogens is 900 g/mol. The first-order chi connectivity index (χ1) is 34.0. The number of ether oxygens (including phenoxy) is 10. The third-order valence-corrected chi connectivity index (χ3v) is 12.1. The number of aliphatic hydroxyl groups excluding tert-OH is 1. The lowest BCUT2D eigenvalue weighted by Crippen LogP contribution is -2.63. The first kappa shape index (κ1) is 50.1. The van der Waals surface area contributed by atoms with Crippen LogP contribution in [0, 0.1) is 0 Å². The molecule has 2 fully saturated rings. The predicted molar refractivity (Wildman–Crippen MR) is 257 cm³/mol. The maximum absolute atomic E-state index is 12.6. The highest BCUT2D eigenvalue weighted by Gasteiger charge is 2.52. The minimum absolute atomic E-state index is 0.169. The van der Waals surface area contributed by atoms with Crippen molar-refractivity contribution < 1.29 is 57.3 Å². The number of carbonyl (C=O) groups excluding carboxylic acids is 1. The van der Waals surface area contributed by atoms with E-state index in [-0.39, 0.29) is 58.7 Å². The molecule has 0 bridgehead atoms. The molecule has 2 aliphatic heterocycles. The molecule has 2 heterocycles. The maximum atomic E-state index is 12.6. The monoisotopic (exact) mass is 958 g/mol. The lowest BCUT2D eigenvalue weighted by Gasteiger charge is -2.47. The van der Waals surface area contributed by atoms with Crippen LogP contribution in [0.2, 0.25) is 0 Å². The number of benzene rings is 6. The largest absolute Gasteiger partial charge is 0.462 e. The number of hydrogen-bond donors (Lipinski definition) is 1. The van der Waals surface area contributed by atoms with Gasteiger partial charge in [-0.05, 0) is 33.4 Å². The van der Waals surface area contributed by atoms with Gasteiger partial charge in [0.25, 0.3) is 0 Å². The molecule has 1 N–H and O–H groups in total. The lowest BCUT2D eigenvalue weighted by atomic mass is 9.97. The quantitative estimate of drug-likeness (QED) is 0.0460. The SMILES string of the molecule is O=C(CCl)OC[C@H]1O[C@H](OC[C@H]2O[C@H](O)[C@@H](OCc3ccccc3)[C@@H](OCc3ccccc3)[C@@H]2OCc2ccccc2)[C@@H](OCc2ccccc2)[C@@H](OCc2ccccc2)[C@@H]1OCc1ccccc1. The first-order valence-corrected chi connectivity index (χ1v) is 23.8. The molecule has 362 valence electrons. The van der Waals surface area contributed by atoms with Crippen LogP contribution >= 0.6 is 11.6 Å². The second-order valence-corrected chi connectivity index (χ2v) is 17.1. The van der Waals surface area contributed by atoms with Crippen LogP contribution in [0.1, 0.15) is 33.4 Å². The zero-order chi connectivity index (χ0) is 47.5. The van der Waals surface area contributed by atoms with Crippen LogP contribution in [0.4, 0.5) is 0 Å². The summed E-state index contributed by atoms with van der Waals surface area (Å²) in [6.07, 6.45) is -9.66. The second kappa shape index (κ2) is 26.6. The molecule has 8 rings (SSSR count). The Bertz CT molecular complexity index is 2350. The van der Waals surface area contributed by atoms with E-state index in [1.54, 1.807) is 0 Å². The van der Waals surface area contributed by atoms with E-state index in [2.05, 4.69) is 0 Å². The normalized spacial score (nSPS) is 24.7. The highest BCUT2D eigenvalue weighted by atomic mass is 35.5. The van der Waals surface area contributed by atoms with E-state index in [4.69, 9.17) is 59.0 Å². The summed E-state index contributed by atoms with van der Waals surface area (Å²) in [5, 5.41) is 11.9. The van der Waals surface area contributed by atoms with Crippen LogP contribution < -0.4 is 0 Å².